The molecule has 0 aliphatic rings. The number of nitrogens with one attached hydrogen (secondary N) is 1. The Labute approximate surface area is 80.7 Å². The van der Waals surface area contributed by atoms with Crippen LogP contribution in [0, 0.1) is 0 Å². The molecule has 2 aromatic rings. The molecule has 0 radical (unpaired) electrons. The van der Waals surface area contributed by atoms with Crippen molar-refractivity contribution in [1.82, 2.24) is 4.98 Å². The number of hydrogen-bond donors (Lipinski definition) is 2. The van der Waals surface area contributed by atoms with Crippen molar-refractivity contribution >= 4 is 16.8 Å². The first kappa shape index (κ1) is 8.62. The zero-order chi connectivity index (χ0) is 10.1. The molecular formula is C10H10N2O2. The highest BCUT2D eigenvalue weighted by Gasteiger charge is 2.10. The molecule has 0 unspecified atom stereocenters. The zero-order valence-electron chi connectivity index (χ0n) is 7.70. The molecule has 0 fully saturated rings. The van der Waals surface area contributed by atoms with E-state index >= 15 is 0 Å². The van der Waals surface area contributed by atoms with Crippen LogP contribution < -0.4 is 10.5 Å². The molecule has 1 aromatic carbocycles. The molecular weight excluding hydrogens is 180 g/mol. The second-order valence-electron chi connectivity index (χ2n) is 2.98. The predicted molar refractivity (Wildman–Crippen MR) is 53.4 cm³/mol. The summed E-state index contributed by atoms with van der Waals surface area (Å²) >= 11 is 0. The number of methoxy groups -OCH3 is 1. The average Bonchev–Trinajstić information content (AvgIpc) is 2.62. The Hall–Kier alpha value is -1.97. The Morgan fingerprint density at radius 2 is 2.29 bits per heavy atom. The van der Waals surface area contributed by atoms with Gasteiger partial charge in [-0.25, -0.2) is 0 Å². The van der Waals surface area contributed by atoms with Crippen LogP contribution in [0.25, 0.3) is 10.9 Å². The van der Waals surface area contributed by atoms with Crippen molar-refractivity contribution in [2.45, 2.75) is 0 Å². The SMILES string of the molecule is COc1cc2[nH]ccc2cc1C(N)=O. The van der Waals surface area contributed by atoms with Crippen LogP contribution in [0.2, 0.25) is 0 Å². The van der Waals surface area contributed by atoms with E-state index in [4.69, 9.17) is 10.5 Å². The molecule has 0 saturated carbocycles. The van der Waals surface area contributed by atoms with E-state index in [9.17, 15) is 4.79 Å². The first-order valence-electron chi connectivity index (χ1n) is 4.17. The smallest absolute Gasteiger partial charge is 0.252 e. The molecule has 0 atom stereocenters. The highest BCUT2D eigenvalue weighted by atomic mass is 16.5. The van der Waals surface area contributed by atoms with Gasteiger partial charge in [0.1, 0.15) is 5.75 Å². The van der Waals surface area contributed by atoms with Crippen LogP contribution in [0.1, 0.15) is 10.4 Å². The van der Waals surface area contributed by atoms with Gasteiger partial charge in [-0.3, -0.25) is 4.79 Å². The highest BCUT2D eigenvalue weighted by Crippen LogP contribution is 2.24. The number of aromatic amines is 1. The third-order valence-electron chi connectivity index (χ3n) is 2.14. The average molecular weight is 190 g/mol. The summed E-state index contributed by atoms with van der Waals surface area (Å²) in [5.41, 5.74) is 6.55. The molecule has 14 heavy (non-hydrogen) atoms. The fourth-order valence-electron chi connectivity index (χ4n) is 1.44. The number of aromatic nitrogens is 1. The lowest BCUT2D eigenvalue weighted by molar-refractivity contribution is 0.0997. The Kier molecular flexibility index (Phi) is 1.89. The molecule has 0 saturated heterocycles. The van der Waals surface area contributed by atoms with E-state index in [1.165, 1.54) is 7.11 Å². The number of hydrogen-bond acceptors (Lipinski definition) is 2. The van der Waals surface area contributed by atoms with Crippen molar-refractivity contribution in [3.05, 3.63) is 30.0 Å². The van der Waals surface area contributed by atoms with Crippen molar-refractivity contribution in [1.29, 1.82) is 0 Å². The molecule has 72 valence electrons. The van der Waals surface area contributed by atoms with Crippen molar-refractivity contribution in [3.63, 3.8) is 0 Å². The van der Waals surface area contributed by atoms with Gasteiger partial charge in [0.05, 0.1) is 12.7 Å². The fourth-order valence-corrected chi connectivity index (χ4v) is 1.44. The summed E-state index contributed by atoms with van der Waals surface area (Å²) in [6.07, 6.45) is 1.80. The lowest BCUT2D eigenvalue weighted by atomic mass is 10.1. The molecule has 4 heteroatoms. The second-order valence-corrected chi connectivity index (χ2v) is 2.98. The third-order valence-corrected chi connectivity index (χ3v) is 2.14. The molecule has 2 rings (SSSR count). The lowest BCUT2D eigenvalue weighted by Gasteiger charge is -2.05. The monoisotopic (exact) mass is 190 g/mol. The molecule has 1 amide bonds. The van der Waals surface area contributed by atoms with E-state index in [-0.39, 0.29) is 0 Å². The van der Waals surface area contributed by atoms with Crippen LogP contribution in [0.15, 0.2) is 24.4 Å². The Morgan fingerprint density at radius 3 is 2.93 bits per heavy atom. The predicted octanol–water partition coefficient (Wildman–Crippen LogP) is 1.28. The van der Waals surface area contributed by atoms with Crippen molar-refractivity contribution in [2.75, 3.05) is 7.11 Å². The number of carbonyl (C=O) groups excluding carboxylic acids is 1. The quantitative estimate of drug-likeness (QED) is 0.748. The fraction of sp³-hybridized carbons (Fsp3) is 0.100. The maximum atomic E-state index is 11.1. The number of rotatable bonds is 2. The summed E-state index contributed by atoms with van der Waals surface area (Å²) in [7, 11) is 1.51. The maximum Gasteiger partial charge on any atom is 0.252 e. The van der Waals surface area contributed by atoms with E-state index < -0.39 is 5.91 Å². The molecule has 0 bridgehead atoms. The van der Waals surface area contributed by atoms with Gasteiger partial charge in [-0.05, 0) is 12.1 Å². The Bertz CT molecular complexity index is 488. The Morgan fingerprint density at radius 1 is 1.50 bits per heavy atom. The van der Waals surface area contributed by atoms with E-state index in [2.05, 4.69) is 4.98 Å². The van der Waals surface area contributed by atoms with Gasteiger partial charge < -0.3 is 15.5 Å². The van der Waals surface area contributed by atoms with Gasteiger partial charge in [0.2, 0.25) is 0 Å². The van der Waals surface area contributed by atoms with Gasteiger partial charge in [0, 0.05) is 23.2 Å². The standard InChI is InChI=1S/C10H10N2O2/c1-14-9-5-8-6(2-3-12-8)4-7(9)10(11)13/h2-5,12H,1H3,(H2,11,13). The van der Waals surface area contributed by atoms with Crippen LogP contribution in [0.5, 0.6) is 5.75 Å². The van der Waals surface area contributed by atoms with E-state index in [1.54, 1.807) is 18.3 Å². The summed E-state index contributed by atoms with van der Waals surface area (Å²) in [4.78, 5) is 14.1. The minimum atomic E-state index is -0.482. The van der Waals surface area contributed by atoms with Crippen molar-refractivity contribution < 1.29 is 9.53 Å². The molecule has 0 aliphatic carbocycles. The molecule has 0 spiro atoms. The normalized spacial score (nSPS) is 10.4. The largest absolute Gasteiger partial charge is 0.496 e. The molecule has 1 heterocycles. The van der Waals surface area contributed by atoms with E-state index in [0.29, 0.717) is 11.3 Å². The highest BCUT2D eigenvalue weighted by molar-refractivity contribution is 6.00. The maximum absolute atomic E-state index is 11.1. The number of primary amides is 1. The minimum Gasteiger partial charge on any atom is -0.496 e. The first-order valence-corrected chi connectivity index (χ1v) is 4.17. The number of nitrogens with two attached hydrogens (primary N) is 1. The lowest BCUT2D eigenvalue weighted by Crippen LogP contribution is -2.12. The number of benzene rings is 1. The topological polar surface area (TPSA) is 68.1 Å². The second kappa shape index (κ2) is 3.06. The number of H-pyrrole nitrogens is 1. The van der Waals surface area contributed by atoms with Gasteiger partial charge >= 0.3 is 0 Å². The first-order chi connectivity index (χ1) is 6.72. The summed E-state index contributed by atoms with van der Waals surface area (Å²) in [5.74, 6) is 0.0115. The number of fused-ring (bicyclic) bond motifs is 1. The summed E-state index contributed by atoms with van der Waals surface area (Å²) in [5, 5.41) is 0.944. The summed E-state index contributed by atoms with van der Waals surface area (Å²) < 4.78 is 5.06. The van der Waals surface area contributed by atoms with Gasteiger partial charge in [-0.2, -0.15) is 0 Å². The summed E-state index contributed by atoms with van der Waals surface area (Å²) in [6, 6.07) is 5.35. The molecule has 4 nitrogen and oxygen atoms in total. The van der Waals surface area contributed by atoms with Gasteiger partial charge in [-0.15, -0.1) is 0 Å². The molecule has 1 aromatic heterocycles. The van der Waals surface area contributed by atoms with Crippen LogP contribution in [-0.4, -0.2) is 18.0 Å². The van der Waals surface area contributed by atoms with Crippen molar-refractivity contribution in [3.8, 4) is 5.75 Å². The van der Waals surface area contributed by atoms with E-state index in [1.807, 2.05) is 6.07 Å². The van der Waals surface area contributed by atoms with Gasteiger partial charge in [-0.1, -0.05) is 0 Å². The third kappa shape index (κ3) is 1.21. The Balaban J connectivity index is 2.72. The minimum absolute atomic E-state index is 0.402. The van der Waals surface area contributed by atoms with Crippen LogP contribution in [0.3, 0.4) is 0 Å². The number of amides is 1. The van der Waals surface area contributed by atoms with Crippen LogP contribution in [0.4, 0.5) is 0 Å². The molecule has 0 aliphatic heterocycles. The number of ether oxygens (including phenoxy) is 1. The van der Waals surface area contributed by atoms with Gasteiger partial charge in [0.25, 0.3) is 5.91 Å². The van der Waals surface area contributed by atoms with E-state index in [0.717, 1.165) is 10.9 Å². The molecule has 3 N–H and O–H groups in total. The number of carbonyl (C=O) groups is 1. The van der Waals surface area contributed by atoms with Crippen molar-refractivity contribution in [2.24, 2.45) is 5.73 Å². The van der Waals surface area contributed by atoms with Gasteiger partial charge in [0.15, 0.2) is 0 Å². The van der Waals surface area contributed by atoms with Crippen LogP contribution in [-0.2, 0) is 0 Å². The summed E-state index contributed by atoms with van der Waals surface area (Å²) in [6.45, 7) is 0. The zero-order valence-corrected chi connectivity index (χ0v) is 7.70. The van der Waals surface area contributed by atoms with Crippen LogP contribution >= 0.6 is 0 Å².